The summed E-state index contributed by atoms with van der Waals surface area (Å²) in [5.41, 5.74) is 0.680. The van der Waals surface area contributed by atoms with Gasteiger partial charge in [-0.1, -0.05) is 51.1 Å². The molecule has 0 bridgehead atoms. The highest BCUT2D eigenvalue weighted by Crippen LogP contribution is 2.69. The van der Waals surface area contributed by atoms with E-state index in [0.29, 0.717) is 36.9 Å². The van der Waals surface area contributed by atoms with Gasteiger partial charge in [-0.05, 0) is 97.9 Å². The Labute approximate surface area is 292 Å². The van der Waals surface area contributed by atoms with Crippen LogP contribution in [0.25, 0.3) is 0 Å². The number of carbonyl (C=O) groups is 2. The molecule has 0 radical (unpaired) electrons. The van der Waals surface area contributed by atoms with Crippen LogP contribution in [0.15, 0.2) is 30.3 Å². The first kappa shape index (κ1) is 38.3. The van der Waals surface area contributed by atoms with Crippen molar-refractivity contribution in [2.24, 2.45) is 46.3 Å². The van der Waals surface area contributed by atoms with E-state index in [0.717, 1.165) is 50.5 Å². The Hall–Kier alpha value is -1.95. The lowest BCUT2D eigenvalue weighted by atomic mass is 9.43. The van der Waals surface area contributed by atoms with Gasteiger partial charge in [0.1, 0.15) is 27.0 Å². The molecule has 10 heteroatoms. The summed E-state index contributed by atoms with van der Waals surface area (Å²) in [6, 6.07) is 9.06. The van der Waals surface area contributed by atoms with Gasteiger partial charge in [-0.15, -0.1) is 0 Å². The molecule has 49 heavy (non-hydrogen) atoms. The second-order valence-electron chi connectivity index (χ2n) is 15.6. The lowest BCUT2D eigenvalue weighted by Gasteiger charge is -2.64. The van der Waals surface area contributed by atoms with E-state index in [9.17, 15) is 14.0 Å². The fourth-order valence-corrected chi connectivity index (χ4v) is 10.7. The van der Waals surface area contributed by atoms with Crippen LogP contribution in [0, 0.1) is 46.3 Å². The lowest BCUT2D eigenvalue weighted by molar-refractivity contribution is -0.249. The Balaban J connectivity index is 1.31. The number of ketones is 1. The summed E-state index contributed by atoms with van der Waals surface area (Å²) >= 11 is 0. The molecule has 9 nitrogen and oxygen atoms in total. The number of benzene rings is 1. The van der Waals surface area contributed by atoms with Gasteiger partial charge in [0.05, 0.1) is 18.3 Å². The molecule has 5 rings (SSSR count). The zero-order valence-corrected chi connectivity index (χ0v) is 30.4. The molecular formula is C39H59FO9. The number of Topliss-reactive ketones (excluding diaryl/α,β-unsaturated/α-hetero) is 1. The first-order valence-electron chi connectivity index (χ1n) is 18.3. The predicted molar refractivity (Wildman–Crippen MR) is 181 cm³/mol. The molecule has 4 fully saturated rings. The Kier molecular flexibility index (Phi) is 13.3. The van der Waals surface area contributed by atoms with Crippen molar-refractivity contribution < 1.29 is 47.1 Å². The molecule has 0 saturated heterocycles. The van der Waals surface area contributed by atoms with Gasteiger partial charge in [-0.3, -0.25) is 4.79 Å². The Morgan fingerprint density at radius 2 is 1.57 bits per heavy atom. The first-order valence-corrected chi connectivity index (χ1v) is 18.3. The highest BCUT2D eigenvalue weighted by atomic mass is 19.1. The normalized spacial score (nSPS) is 36.6. The lowest BCUT2D eigenvalue weighted by Crippen LogP contribution is -2.63. The van der Waals surface area contributed by atoms with Gasteiger partial charge >= 0.3 is 5.97 Å². The fraction of sp³-hybridized carbons (Fsp3) is 0.795. The molecule has 4 aliphatic carbocycles. The van der Waals surface area contributed by atoms with Crippen LogP contribution in [0.5, 0.6) is 0 Å². The van der Waals surface area contributed by atoms with Gasteiger partial charge in [0, 0.05) is 33.2 Å². The summed E-state index contributed by atoms with van der Waals surface area (Å²) in [5, 5.41) is 0. The van der Waals surface area contributed by atoms with Crippen LogP contribution in [-0.2, 0) is 49.4 Å². The van der Waals surface area contributed by atoms with E-state index in [-0.39, 0.29) is 67.6 Å². The SMILES string of the molecule is COCO[C@@H]1CC[C@@]2(C)[C@@H](C1)C[C@@H](OCOC)[C@@H]1[C@@H]2C[C@H](OCOC)[C@]2(C)[C@@H]([C@H](C)CCC(=O)C(F)C(=O)OCc3ccccc3)CC[C@@H]12. The second kappa shape index (κ2) is 17.0. The fourth-order valence-electron chi connectivity index (χ4n) is 10.7. The van der Waals surface area contributed by atoms with Crippen LogP contribution in [0.2, 0.25) is 0 Å². The smallest absolute Gasteiger partial charge is 0.348 e. The van der Waals surface area contributed by atoms with Gasteiger partial charge in [0.15, 0.2) is 5.78 Å². The van der Waals surface area contributed by atoms with Gasteiger partial charge in [0.25, 0.3) is 6.17 Å². The molecule has 0 heterocycles. The largest absolute Gasteiger partial charge is 0.458 e. The third-order valence-electron chi connectivity index (χ3n) is 13.2. The molecular weight excluding hydrogens is 631 g/mol. The predicted octanol–water partition coefficient (Wildman–Crippen LogP) is 6.90. The number of hydrogen-bond donors (Lipinski definition) is 0. The van der Waals surface area contributed by atoms with E-state index in [1.54, 1.807) is 33.5 Å². The molecule has 1 aromatic rings. The quantitative estimate of drug-likeness (QED) is 0.0983. The number of halogens is 1. The van der Waals surface area contributed by atoms with Gasteiger partial charge in [-0.25, -0.2) is 9.18 Å². The average molecular weight is 691 g/mol. The van der Waals surface area contributed by atoms with Crippen molar-refractivity contribution in [2.45, 2.75) is 110 Å². The van der Waals surface area contributed by atoms with Crippen molar-refractivity contribution >= 4 is 11.8 Å². The minimum absolute atomic E-state index is 0.0126. The summed E-state index contributed by atoms with van der Waals surface area (Å²) in [7, 11) is 5.01. The van der Waals surface area contributed by atoms with E-state index >= 15 is 0 Å². The molecule has 0 aromatic heterocycles. The molecule has 1 aromatic carbocycles. The minimum atomic E-state index is -2.28. The molecule has 4 aliphatic rings. The Morgan fingerprint density at radius 1 is 0.878 bits per heavy atom. The van der Waals surface area contributed by atoms with Gasteiger partial charge in [0.2, 0.25) is 0 Å². The Bertz CT molecular complexity index is 1220. The summed E-state index contributed by atoms with van der Waals surface area (Å²) in [4.78, 5) is 25.3. The number of rotatable bonds is 17. The number of ether oxygens (including phenoxy) is 7. The van der Waals surface area contributed by atoms with Crippen LogP contribution in [0.3, 0.4) is 0 Å². The van der Waals surface area contributed by atoms with Crippen molar-refractivity contribution in [2.75, 3.05) is 41.7 Å². The van der Waals surface area contributed by atoms with Crippen molar-refractivity contribution in [3.8, 4) is 0 Å². The van der Waals surface area contributed by atoms with Crippen LogP contribution < -0.4 is 0 Å². The number of hydrogen-bond acceptors (Lipinski definition) is 9. The summed E-state index contributed by atoms with van der Waals surface area (Å²) in [5.74, 6) is 0.0818. The van der Waals surface area contributed by atoms with Gasteiger partial charge in [-0.2, -0.15) is 0 Å². The van der Waals surface area contributed by atoms with Crippen LogP contribution >= 0.6 is 0 Å². The molecule has 0 amide bonds. The average Bonchev–Trinajstić information content (AvgIpc) is 3.47. The number of methoxy groups -OCH3 is 3. The number of fused-ring (bicyclic) bond motifs is 5. The summed E-state index contributed by atoms with van der Waals surface area (Å²) < 4.78 is 55.5. The zero-order chi connectivity index (χ0) is 35.2. The molecule has 276 valence electrons. The highest BCUT2D eigenvalue weighted by molar-refractivity contribution is 6.01. The van der Waals surface area contributed by atoms with Gasteiger partial charge < -0.3 is 33.2 Å². The van der Waals surface area contributed by atoms with E-state index in [1.807, 2.05) is 18.2 Å². The maximum Gasteiger partial charge on any atom is 0.348 e. The Morgan fingerprint density at radius 3 is 2.29 bits per heavy atom. The van der Waals surface area contributed by atoms with Crippen molar-refractivity contribution in [3.63, 3.8) is 0 Å². The van der Waals surface area contributed by atoms with E-state index < -0.39 is 17.9 Å². The van der Waals surface area contributed by atoms with E-state index in [4.69, 9.17) is 33.2 Å². The summed E-state index contributed by atoms with van der Waals surface area (Å²) in [6.45, 7) is 7.76. The molecule has 0 spiro atoms. The van der Waals surface area contributed by atoms with Crippen LogP contribution in [0.1, 0.15) is 84.1 Å². The van der Waals surface area contributed by atoms with Crippen molar-refractivity contribution in [1.82, 2.24) is 0 Å². The zero-order valence-electron chi connectivity index (χ0n) is 30.4. The van der Waals surface area contributed by atoms with Crippen molar-refractivity contribution in [1.29, 1.82) is 0 Å². The number of esters is 1. The molecule has 1 unspecified atom stereocenters. The standard InChI is InChI=1S/C39H59FO9/c1-25(12-15-32(41)36(40)37(42)46-21-26-10-8-7-9-11-26)29-13-14-30-35-31(20-34(39(29,30)3)49-24-45-6)38(2)17-16-28(47-22-43-4)18-27(38)19-33(35)48-23-44-5/h7-11,25,27-31,33-36H,12-24H2,1-6H3/t25-,27+,28-,29-,30+,31+,33-,34+,35+,36?,38+,39-/m1/s1. The number of alkyl halides is 1. The van der Waals surface area contributed by atoms with E-state index in [1.165, 1.54) is 0 Å². The minimum Gasteiger partial charge on any atom is -0.458 e. The summed E-state index contributed by atoms with van der Waals surface area (Å²) in [6.07, 6.45) is 5.41. The maximum atomic E-state index is 15.0. The molecule has 0 N–H and O–H groups in total. The third-order valence-corrected chi connectivity index (χ3v) is 13.2. The molecule has 12 atom stereocenters. The molecule has 4 saturated carbocycles. The monoisotopic (exact) mass is 690 g/mol. The number of carbonyl (C=O) groups excluding carboxylic acids is 2. The van der Waals surface area contributed by atoms with E-state index in [2.05, 4.69) is 20.8 Å². The van der Waals surface area contributed by atoms with Crippen molar-refractivity contribution in [3.05, 3.63) is 35.9 Å². The van der Waals surface area contributed by atoms with Crippen LogP contribution in [0.4, 0.5) is 4.39 Å². The second-order valence-corrected chi connectivity index (χ2v) is 15.6. The maximum absolute atomic E-state index is 15.0. The molecule has 0 aliphatic heterocycles. The topological polar surface area (TPSA) is 98.8 Å². The van der Waals surface area contributed by atoms with Crippen LogP contribution in [-0.4, -0.2) is 77.9 Å². The first-order chi connectivity index (χ1) is 23.6. The third kappa shape index (κ3) is 8.10. The highest BCUT2D eigenvalue weighted by Gasteiger charge is 2.66.